The summed E-state index contributed by atoms with van der Waals surface area (Å²) < 4.78 is 27.7. The first-order chi connectivity index (χ1) is 19.1. The molecule has 0 radical (unpaired) electrons. The van der Waals surface area contributed by atoms with E-state index in [1.54, 1.807) is 11.0 Å². The summed E-state index contributed by atoms with van der Waals surface area (Å²) in [5.41, 5.74) is 2.25. The normalized spacial score (nSPS) is 18.1. The molecule has 0 unspecified atom stereocenters. The molecule has 212 valence electrons. The topological polar surface area (TPSA) is 109 Å². The molecule has 4 rings (SSSR count). The molecule has 1 saturated heterocycles. The second-order valence-electron chi connectivity index (χ2n) is 10.6. The molecule has 1 saturated carbocycles. The van der Waals surface area contributed by atoms with Crippen molar-refractivity contribution in [1.29, 1.82) is 0 Å². The van der Waals surface area contributed by atoms with Crippen molar-refractivity contribution in [1.82, 2.24) is 19.8 Å². The van der Waals surface area contributed by atoms with Gasteiger partial charge in [-0.3, -0.25) is 14.4 Å². The Labute approximate surface area is 231 Å². The number of nitrogens with one attached hydrogen (secondary N) is 1. The van der Waals surface area contributed by atoms with Gasteiger partial charge < -0.3 is 19.9 Å². The summed E-state index contributed by atoms with van der Waals surface area (Å²) in [4.78, 5) is 46.5. The minimum absolute atomic E-state index is 0.131. The van der Waals surface area contributed by atoms with Crippen LogP contribution >= 0.6 is 0 Å². The summed E-state index contributed by atoms with van der Waals surface area (Å²) in [6, 6.07) is 1.68. The lowest BCUT2D eigenvalue weighted by Crippen LogP contribution is -2.37. The molecule has 1 aliphatic carbocycles. The molecule has 2 aliphatic rings. The van der Waals surface area contributed by atoms with E-state index < -0.39 is 24.4 Å². The van der Waals surface area contributed by atoms with Gasteiger partial charge in [0.1, 0.15) is 12.2 Å². The van der Waals surface area contributed by atoms with Gasteiger partial charge in [-0.1, -0.05) is 18.8 Å². The first-order valence-electron chi connectivity index (χ1n) is 13.6. The number of rotatable bonds is 10. The molecule has 11 heteroatoms. The number of amides is 2. The summed E-state index contributed by atoms with van der Waals surface area (Å²) in [5, 5.41) is 11.8. The van der Waals surface area contributed by atoms with Gasteiger partial charge in [-0.2, -0.15) is 0 Å². The van der Waals surface area contributed by atoms with Gasteiger partial charge in [-0.15, -0.1) is 5.92 Å². The number of carboxylic acids is 1. The Kier molecular flexibility index (Phi) is 9.03. The van der Waals surface area contributed by atoms with E-state index >= 15 is 0 Å². The number of carbonyl (C=O) groups is 3. The molecule has 2 aromatic rings. The molecule has 40 heavy (non-hydrogen) atoms. The SMILES string of the molecule is [C-]#[N+]c1cnc2c(c1)c(C(=O)N1CC[C@H](C(=O)NCC(=O)O)C1)c(CCCCCCC#CC1CC(F)(F)C1)n2C. The third-order valence-electron chi connectivity index (χ3n) is 7.60. The Morgan fingerprint density at radius 3 is 2.70 bits per heavy atom. The van der Waals surface area contributed by atoms with Crippen LogP contribution in [0.15, 0.2) is 12.3 Å². The van der Waals surface area contributed by atoms with E-state index in [1.165, 1.54) is 6.20 Å². The minimum atomic E-state index is -2.54. The quantitative estimate of drug-likeness (QED) is 0.259. The molecule has 1 atom stereocenters. The van der Waals surface area contributed by atoms with E-state index in [9.17, 15) is 23.2 Å². The molecular formula is C29H33F2N5O4. The fraction of sp³-hybridized carbons (Fsp3) is 0.552. The smallest absolute Gasteiger partial charge is 0.322 e. The number of pyridine rings is 1. The summed E-state index contributed by atoms with van der Waals surface area (Å²) in [5.74, 6) is 1.02. The van der Waals surface area contributed by atoms with Crippen LogP contribution in [0.4, 0.5) is 14.5 Å². The minimum Gasteiger partial charge on any atom is -0.480 e. The fourth-order valence-corrected chi connectivity index (χ4v) is 5.40. The summed E-state index contributed by atoms with van der Waals surface area (Å²) in [7, 11) is 1.85. The molecule has 0 aromatic carbocycles. The lowest BCUT2D eigenvalue weighted by molar-refractivity contribution is -0.138. The number of aromatic nitrogens is 2. The van der Waals surface area contributed by atoms with Crippen molar-refractivity contribution in [3.63, 3.8) is 0 Å². The molecule has 2 fully saturated rings. The van der Waals surface area contributed by atoms with E-state index in [1.807, 2.05) is 11.6 Å². The zero-order valence-electron chi connectivity index (χ0n) is 22.5. The van der Waals surface area contributed by atoms with E-state index in [0.717, 1.165) is 31.4 Å². The predicted molar refractivity (Wildman–Crippen MR) is 144 cm³/mol. The van der Waals surface area contributed by atoms with Crippen LogP contribution in [0.1, 0.15) is 67.4 Å². The zero-order chi connectivity index (χ0) is 28.9. The van der Waals surface area contributed by atoms with Crippen molar-refractivity contribution in [2.45, 2.75) is 63.7 Å². The number of unbranched alkanes of at least 4 members (excludes halogenated alkanes) is 4. The average Bonchev–Trinajstić information content (AvgIpc) is 3.50. The van der Waals surface area contributed by atoms with Crippen LogP contribution in [0.3, 0.4) is 0 Å². The van der Waals surface area contributed by atoms with Gasteiger partial charge in [0.05, 0.1) is 18.1 Å². The van der Waals surface area contributed by atoms with Gasteiger partial charge in [-0.05, 0) is 31.7 Å². The molecule has 2 amide bonds. The van der Waals surface area contributed by atoms with Crippen molar-refractivity contribution in [2.75, 3.05) is 19.6 Å². The van der Waals surface area contributed by atoms with Crippen LogP contribution in [-0.2, 0) is 23.1 Å². The monoisotopic (exact) mass is 553 g/mol. The number of halogens is 2. The Morgan fingerprint density at radius 2 is 2.00 bits per heavy atom. The average molecular weight is 554 g/mol. The van der Waals surface area contributed by atoms with Gasteiger partial charge in [0.15, 0.2) is 0 Å². The first kappa shape index (κ1) is 29.0. The highest BCUT2D eigenvalue weighted by Gasteiger charge is 2.44. The third-order valence-corrected chi connectivity index (χ3v) is 7.60. The molecular weight excluding hydrogens is 520 g/mol. The maximum Gasteiger partial charge on any atom is 0.322 e. The largest absolute Gasteiger partial charge is 0.480 e. The summed E-state index contributed by atoms with van der Waals surface area (Å²) in [6.07, 6.45) is 6.51. The number of hydrogen-bond donors (Lipinski definition) is 2. The second-order valence-corrected chi connectivity index (χ2v) is 10.6. The Hall–Kier alpha value is -3.99. The summed E-state index contributed by atoms with van der Waals surface area (Å²) in [6.45, 7) is 7.48. The highest BCUT2D eigenvalue weighted by atomic mass is 19.3. The Balaban J connectivity index is 1.40. The van der Waals surface area contributed by atoms with Crippen molar-refractivity contribution >= 4 is 34.5 Å². The van der Waals surface area contributed by atoms with Crippen molar-refractivity contribution in [3.05, 3.63) is 34.9 Å². The number of nitrogens with zero attached hydrogens (tertiary/aromatic N) is 4. The van der Waals surface area contributed by atoms with Crippen molar-refractivity contribution in [2.24, 2.45) is 18.9 Å². The third kappa shape index (κ3) is 6.77. The molecule has 9 nitrogen and oxygen atoms in total. The number of carbonyl (C=O) groups excluding carboxylic acids is 2. The highest BCUT2D eigenvalue weighted by Crippen LogP contribution is 2.41. The summed E-state index contributed by atoms with van der Waals surface area (Å²) >= 11 is 0. The zero-order valence-corrected chi connectivity index (χ0v) is 22.5. The highest BCUT2D eigenvalue weighted by molar-refractivity contribution is 6.08. The van der Waals surface area contributed by atoms with Gasteiger partial charge in [-0.25, -0.2) is 18.6 Å². The van der Waals surface area contributed by atoms with Crippen molar-refractivity contribution < 1.29 is 28.3 Å². The number of aliphatic carboxylic acids is 1. The first-order valence-corrected chi connectivity index (χ1v) is 13.6. The van der Waals surface area contributed by atoms with Gasteiger partial charge in [0, 0.05) is 62.6 Å². The van der Waals surface area contributed by atoms with Gasteiger partial charge >= 0.3 is 5.97 Å². The van der Waals surface area contributed by atoms with Gasteiger partial charge in [0.2, 0.25) is 11.6 Å². The molecule has 0 spiro atoms. The standard InChI is InChI=1S/C29H33F2N5O4/c1-32-21-13-22-25(28(40)36-12-11-20(18-36)27(39)34-17-24(37)38)23(35(2)26(22)33-16-21)10-8-6-4-3-5-7-9-19-14-29(30,31)15-19/h13,16,19-20H,3-6,8,10-12,14-15,17-18H2,2H3,(H,34,39)(H,37,38)/t20-/m0/s1. The number of aryl methyl sites for hydroxylation is 1. The van der Waals surface area contributed by atoms with Crippen molar-refractivity contribution in [3.8, 4) is 11.8 Å². The van der Waals surface area contributed by atoms with E-state index in [0.29, 0.717) is 48.1 Å². The van der Waals surface area contributed by atoms with Crippen LogP contribution in [-0.4, -0.2) is 62.9 Å². The molecule has 1 aliphatic heterocycles. The van der Waals surface area contributed by atoms with Crippen LogP contribution in [0.2, 0.25) is 0 Å². The second kappa shape index (κ2) is 12.5. The van der Waals surface area contributed by atoms with E-state index in [-0.39, 0.29) is 37.1 Å². The Bertz CT molecular complexity index is 1390. The van der Waals surface area contributed by atoms with E-state index in [2.05, 4.69) is 27.0 Å². The fourth-order valence-electron chi connectivity index (χ4n) is 5.40. The lowest BCUT2D eigenvalue weighted by atomic mass is 9.82. The molecule has 2 N–H and O–H groups in total. The van der Waals surface area contributed by atoms with Crippen LogP contribution < -0.4 is 5.32 Å². The van der Waals surface area contributed by atoms with Crippen LogP contribution in [0, 0.1) is 30.2 Å². The molecule has 2 aromatic heterocycles. The number of alkyl halides is 2. The van der Waals surface area contributed by atoms with Gasteiger partial charge in [0.25, 0.3) is 11.8 Å². The van der Waals surface area contributed by atoms with E-state index in [4.69, 9.17) is 11.7 Å². The predicted octanol–water partition coefficient (Wildman–Crippen LogP) is 4.33. The Morgan fingerprint density at radius 1 is 1.25 bits per heavy atom. The number of hydrogen-bond acceptors (Lipinski definition) is 4. The van der Waals surface area contributed by atoms with Crippen LogP contribution in [0.5, 0.6) is 0 Å². The maximum atomic E-state index is 13.8. The number of likely N-dealkylation sites (tertiary alicyclic amines) is 1. The van der Waals surface area contributed by atoms with Crippen LogP contribution in [0.25, 0.3) is 15.9 Å². The number of fused-ring (bicyclic) bond motifs is 1. The molecule has 0 bridgehead atoms. The number of carboxylic acid groups (broad SMARTS) is 1. The lowest BCUT2D eigenvalue weighted by Gasteiger charge is -2.31. The maximum absolute atomic E-state index is 13.8. The molecule has 3 heterocycles.